The third-order valence-corrected chi connectivity index (χ3v) is 4.60. The molecule has 0 bridgehead atoms. The van der Waals surface area contributed by atoms with Gasteiger partial charge in [0.1, 0.15) is 0 Å². The molecule has 0 saturated heterocycles. The third kappa shape index (κ3) is 4.44. The van der Waals surface area contributed by atoms with E-state index in [0.29, 0.717) is 11.1 Å². The first-order valence-electron chi connectivity index (χ1n) is 8.76. The van der Waals surface area contributed by atoms with Gasteiger partial charge in [-0.25, -0.2) is 0 Å². The molecule has 1 aromatic heterocycles. The second-order valence-corrected chi connectivity index (χ2v) is 6.54. The number of carbonyl (C=O) groups is 2. The quantitative estimate of drug-likeness (QED) is 0.893. The van der Waals surface area contributed by atoms with Gasteiger partial charge in [0, 0.05) is 24.1 Å². The number of aryl methyl sites for hydroxylation is 1. The number of rotatable bonds is 4. The van der Waals surface area contributed by atoms with Crippen molar-refractivity contribution in [2.45, 2.75) is 45.1 Å². The van der Waals surface area contributed by atoms with Crippen molar-refractivity contribution in [3.63, 3.8) is 0 Å². The van der Waals surface area contributed by atoms with Gasteiger partial charge in [0.25, 0.3) is 11.8 Å². The van der Waals surface area contributed by atoms with Gasteiger partial charge in [-0.15, -0.1) is 0 Å². The maximum absolute atomic E-state index is 12.4. The van der Waals surface area contributed by atoms with Crippen molar-refractivity contribution in [1.29, 1.82) is 0 Å². The molecule has 1 aliphatic rings. The number of amides is 2. The minimum atomic E-state index is -0.269. The second-order valence-electron chi connectivity index (χ2n) is 6.54. The fourth-order valence-corrected chi connectivity index (χ4v) is 3.11. The Morgan fingerprint density at radius 1 is 1.00 bits per heavy atom. The minimum absolute atomic E-state index is 0.162. The molecule has 0 aliphatic heterocycles. The Bertz CT molecular complexity index is 767. The van der Waals surface area contributed by atoms with Crippen LogP contribution >= 0.6 is 0 Å². The zero-order valence-corrected chi connectivity index (χ0v) is 14.4. The van der Waals surface area contributed by atoms with Crippen LogP contribution in [0.15, 0.2) is 42.7 Å². The van der Waals surface area contributed by atoms with Gasteiger partial charge >= 0.3 is 0 Å². The molecule has 25 heavy (non-hydrogen) atoms. The lowest BCUT2D eigenvalue weighted by Gasteiger charge is -2.22. The molecule has 1 aliphatic carbocycles. The number of nitrogens with zero attached hydrogens (tertiary/aromatic N) is 1. The predicted molar refractivity (Wildman–Crippen MR) is 97.7 cm³/mol. The number of aromatic nitrogens is 1. The summed E-state index contributed by atoms with van der Waals surface area (Å²) in [6, 6.07) is 9.39. The van der Waals surface area contributed by atoms with Crippen molar-refractivity contribution >= 4 is 17.5 Å². The highest BCUT2D eigenvalue weighted by atomic mass is 16.2. The number of para-hydroxylation sites is 1. The smallest absolute Gasteiger partial charge is 0.257 e. The number of hydrogen-bond donors (Lipinski definition) is 2. The average Bonchev–Trinajstić information content (AvgIpc) is 2.64. The van der Waals surface area contributed by atoms with Crippen molar-refractivity contribution in [1.82, 2.24) is 10.3 Å². The van der Waals surface area contributed by atoms with Crippen molar-refractivity contribution in [2.75, 3.05) is 5.32 Å². The molecule has 2 amide bonds. The fourth-order valence-electron chi connectivity index (χ4n) is 3.11. The average molecular weight is 337 g/mol. The molecule has 1 saturated carbocycles. The molecule has 2 N–H and O–H groups in total. The van der Waals surface area contributed by atoms with Gasteiger partial charge in [0.05, 0.1) is 11.1 Å². The van der Waals surface area contributed by atoms with Crippen LogP contribution in [-0.4, -0.2) is 22.8 Å². The van der Waals surface area contributed by atoms with E-state index < -0.39 is 0 Å². The van der Waals surface area contributed by atoms with E-state index in [9.17, 15) is 9.59 Å². The maximum Gasteiger partial charge on any atom is 0.257 e. The number of benzene rings is 1. The molecule has 1 heterocycles. The van der Waals surface area contributed by atoms with Crippen LogP contribution in [0.3, 0.4) is 0 Å². The molecule has 0 spiro atoms. The Hall–Kier alpha value is -2.69. The Morgan fingerprint density at radius 2 is 1.68 bits per heavy atom. The van der Waals surface area contributed by atoms with E-state index in [1.165, 1.54) is 18.8 Å². The third-order valence-electron chi connectivity index (χ3n) is 4.60. The summed E-state index contributed by atoms with van der Waals surface area (Å²) in [6.45, 7) is 1.93. The maximum atomic E-state index is 12.4. The summed E-state index contributed by atoms with van der Waals surface area (Å²) in [7, 11) is 0. The van der Waals surface area contributed by atoms with E-state index in [1.807, 2.05) is 31.2 Å². The largest absolute Gasteiger partial charge is 0.349 e. The molecule has 0 atom stereocenters. The second kappa shape index (κ2) is 7.92. The van der Waals surface area contributed by atoms with Gasteiger partial charge in [-0.3, -0.25) is 14.6 Å². The lowest BCUT2D eigenvalue weighted by molar-refractivity contribution is 0.0927. The zero-order valence-electron chi connectivity index (χ0n) is 14.4. The number of carbonyl (C=O) groups excluding carboxylic acids is 2. The molecule has 2 aromatic rings. The van der Waals surface area contributed by atoms with E-state index in [2.05, 4.69) is 15.6 Å². The summed E-state index contributed by atoms with van der Waals surface area (Å²) in [4.78, 5) is 28.9. The lowest BCUT2D eigenvalue weighted by Crippen LogP contribution is -2.36. The molecule has 5 heteroatoms. The normalized spacial score (nSPS) is 14.8. The molecule has 5 nitrogen and oxygen atoms in total. The minimum Gasteiger partial charge on any atom is -0.349 e. The molecule has 1 fully saturated rings. The van der Waals surface area contributed by atoms with Gasteiger partial charge in [-0.2, -0.15) is 0 Å². The van der Waals surface area contributed by atoms with Gasteiger partial charge in [-0.1, -0.05) is 37.5 Å². The first-order chi connectivity index (χ1) is 12.1. The van der Waals surface area contributed by atoms with Crippen LogP contribution in [0.4, 0.5) is 5.69 Å². The molecule has 1 aromatic carbocycles. The molecule has 3 rings (SSSR count). The van der Waals surface area contributed by atoms with Crippen LogP contribution in [0.5, 0.6) is 0 Å². The van der Waals surface area contributed by atoms with Crippen LogP contribution < -0.4 is 10.6 Å². The topological polar surface area (TPSA) is 71.1 Å². The summed E-state index contributed by atoms with van der Waals surface area (Å²) < 4.78 is 0. The first-order valence-corrected chi connectivity index (χ1v) is 8.76. The monoisotopic (exact) mass is 337 g/mol. The summed E-state index contributed by atoms with van der Waals surface area (Å²) in [5.41, 5.74) is 2.53. The van der Waals surface area contributed by atoms with Gasteiger partial charge in [0.15, 0.2) is 0 Å². The van der Waals surface area contributed by atoms with Gasteiger partial charge in [0.2, 0.25) is 0 Å². The number of anilines is 1. The Balaban J connectivity index is 1.69. The summed E-state index contributed by atoms with van der Waals surface area (Å²) in [6.07, 6.45) is 8.57. The fraction of sp³-hybridized carbons (Fsp3) is 0.350. The number of nitrogens with one attached hydrogen (secondary N) is 2. The van der Waals surface area contributed by atoms with Crippen molar-refractivity contribution < 1.29 is 9.59 Å². The molecule has 0 unspecified atom stereocenters. The van der Waals surface area contributed by atoms with Gasteiger partial charge in [-0.05, 0) is 37.5 Å². The summed E-state index contributed by atoms with van der Waals surface area (Å²) >= 11 is 0. The lowest BCUT2D eigenvalue weighted by atomic mass is 9.95. The summed E-state index contributed by atoms with van der Waals surface area (Å²) in [5, 5.41) is 5.91. The van der Waals surface area contributed by atoms with Crippen molar-refractivity contribution in [3.05, 3.63) is 59.4 Å². The molecular weight excluding hydrogens is 314 g/mol. The van der Waals surface area contributed by atoms with Crippen LogP contribution in [-0.2, 0) is 0 Å². The van der Waals surface area contributed by atoms with Crippen LogP contribution in [0, 0.1) is 6.92 Å². The standard InChI is InChI=1S/C20H23N3O2/c1-14-7-5-6-10-18(14)23-20(25)16-11-15(12-21-13-16)19(24)22-17-8-3-2-4-9-17/h5-7,10-13,17H,2-4,8-9H2,1H3,(H,22,24)(H,23,25). The SMILES string of the molecule is Cc1ccccc1NC(=O)c1cncc(C(=O)NC2CCCCC2)c1. The van der Waals surface area contributed by atoms with Crippen molar-refractivity contribution in [3.8, 4) is 0 Å². The van der Waals surface area contributed by atoms with E-state index in [1.54, 1.807) is 6.07 Å². The van der Waals surface area contributed by atoms with Crippen LogP contribution in [0.1, 0.15) is 58.4 Å². The molecule has 0 radical (unpaired) electrons. The first kappa shape index (κ1) is 17.1. The van der Waals surface area contributed by atoms with E-state index in [0.717, 1.165) is 36.9 Å². The van der Waals surface area contributed by atoms with Crippen molar-refractivity contribution in [2.24, 2.45) is 0 Å². The number of pyridine rings is 1. The highest BCUT2D eigenvalue weighted by Crippen LogP contribution is 2.18. The Kier molecular flexibility index (Phi) is 5.43. The summed E-state index contributed by atoms with van der Waals surface area (Å²) in [5.74, 6) is -0.431. The van der Waals surface area contributed by atoms with Gasteiger partial charge < -0.3 is 10.6 Å². The Labute approximate surface area is 147 Å². The zero-order chi connectivity index (χ0) is 17.6. The van der Waals surface area contributed by atoms with E-state index in [-0.39, 0.29) is 17.9 Å². The molecule has 130 valence electrons. The van der Waals surface area contributed by atoms with E-state index in [4.69, 9.17) is 0 Å². The highest BCUT2D eigenvalue weighted by molar-refractivity contribution is 6.06. The highest BCUT2D eigenvalue weighted by Gasteiger charge is 2.18. The number of hydrogen-bond acceptors (Lipinski definition) is 3. The van der Waals surface area contributed by atoms with Crippen LogP contribution in [0.25, 0.3) is 0 Å². The van der Waals surface area contributed by atoms with Crippen LogP contribution in [0.2, 0.25) is 0 Å². The molecular formula is C20H23N3O2. The Morgan fingerprint density at radius 3 is 2.40 bits per heavy atom. The van der Waals surface area contributed by atoms with E-state index >= 15 is 0 Å². The predicted octanol–water partition coefficient (Wildman–Crippen LogP) is 3.70.